The lowest BCUT2D eigenvalue weighted by atomic mass is 9.99. The van der Waals surface area contributed by atoms with Crippen LogP contribution in [0, 0.1) is 17.2 Å². The Labute approximate surface area is 190 Å². The van der Waals surface area contributed by atoms with Gasteiger partial charge in [-0.2, -0.15) is 5.26 Å². The molecule has 0 saturated heterocycles. The Morgan fingerprint density at radius 3 is 2.50 bits per heavy atom. The van der Waals surface area contributed by atoms with Gasteiger partial charge in [0.15, 0.2) is 0 Å². The van der Waals surface area contributed by atoms with Crippen molar-refractivity contribution in [3.05, 3.63) is 65.0 Å². The van der Waals surface area contributed by atoms with E-state index in [0.29, 0.717) is 35.4 Å². The number of hydrogen-bond acceptors (Lipinski definition) is 5. The molecule has 1 N–H and O–H groups in total. The molecule has 2 aromatic rings. The summed E-state index contributed by atoms with van der Waals surface area (Å²) in [4.78, 5) is 29.5. The Bertz CT molecular complexity index is 1000. The summed E-state index contributed by atoms with van der Waals surface area (Å²) in [6.07, 6.45) is 5.49. The van der Waals surface area contributed by atoms with E-state index in [0.717, 1.165) is 30.4 Å². The summed E-state index contributed by atoms with van der Waals surface area (Å²) in [5.41, 5.74) is 3.86. The topological polar surface area (TPSA) is 92.1 Å². The maximum absolute atomic E-state index is 12.6. The number of esters is 1. The molecule has 168 valence electrons. The van der Waals surface area contributed by atoms with Crippen LogP contribution in [0.25, 0.3) is 11.3 Å². The lowest BCUT2D eigenvalue weighted by Gasteiger charge is -2.17. The van der Waals surface area contributed by atoms with Crippen molar-refractivity contribution in [3.8, 4) is 17.3 Å². The van der Waals surface area contributed by atoms with Crippen LogP contribution in [0.5, 0.6) is 0 Å². The van der Waals surface area contributed by atoms with Crippen LogP contribution in [0.15, 0.2) is 53.9 Å². The molecule has 0 aliphatic carbocycles. The molecule has 0 bridgehead atoms. The maximum Gasteiger partial charge on any atom is 0.335 e. The Morgan fingerprint density at radius 1 is 1.16 bits per heavy atom. The number of pyridine rings is 1. The summed E-state index contributed by atoms with van der Waals surface area (Å²) in [7, 11) is 1.34. The Kier molecular flexibility index (Phi) is 9.62. The van der Waals surface area contributed by atoms with E-state index in [4.69, 9.17) is 4.74 Å². The van der Waals surface area contributed by atoms with Gasteiger partial charge in [0.2, 0.25) is 5.91 Å². The molecule has 32 heavy (non-hydrogen) atoms. The van der Waals surface area contributed by atoms with Crippen molar-refractivity contribution < 1.29 is 14.3 Å². The predicted molar refractivity (Wildman–Crippen MR) is 124 cm³/mol. The quantitative estimate of drug-likeness (QED) is 0.325. The smallest absolute Gasteiger partial charge is 0.335 e. The first-order valence-electron chi connectivity index (χ1n) is 11.0. The van der Waals surface area contributed by atoms with Crippen LogP contribution in [0.2, 0.25) is 0 Å². The zero-order chi connectivity index (χ0) is 23.5. The highest BCUT2D eigenvalue weighted by molar-refractivity contribution is 5.91. The Morgan fingerprint density at radius 2 is 1.91 bits per heavy atom. The number of carbonyl (C=O) groups excluding carboxylic acids is 2. The molecule has 6 heteroatoms. The highest BCUT2D eigenvalue weighted by Gasteiger charge is 2.20. The number of nitriles is 1. The third-order valence-corrected chi connectivity index (χ3v) is 5.15. The molecule has 1 aromatic carbocycles. The van der Waals surface area contributed by atoms with Gasteiger partial charge in [-0.1, -0.05) is 57.9 Å². The monoisotopic (exact) mass is 433 g/mol. The number of ether oxygens (including phenoxy) is 1. The van der Waals surface area contributed by atoms with Crippen LogP contribution < -0.4 is 5.32 Å². The molecule has 0 unspecified atom stereocenters. The van der Waals surface area contributed by atoms with Gasteiger partial charge < -0.3 is 10.1 Å². The summed E-state index contributed by atoms with van der Waals surface area (Å²) >= 11 is 0. The van der Waals surface area contributed by atoms with Gasteiger partial charge in [-0.05, 0) is 30.5 Å². The van der Waals surface area contributed by atoms with E-state index in [1.165, 1.54) is 7.11 Å². The number of carbonyl (C=O) groups is 2. The number of nitrogens with zero attached hydrogens (tertiary/aromatic N) is 2. The van der Waals surface area contributed by atoms with Gasteiger partial charge in [-0.3, -0.25) is 9.78 Å². The van der Waals surface area contributed by atoms with Crippen LogP contribution in [0.1, 0.15) is 57.6 Å². The van der Waals surface area contributed by atoms with Crippen LogP contribution in [0.4, 0.5) is 0 Å². The summed E-state index contributed by atoms with van der Waals surface area (Å²) in [6, 6.07) is 13.2. The second kappa shape index (κ2) is 12.4. The van der Waals surface area contributed by atoms with E-state index >= 15 is 0 Å². The third-order valence-electron chi connectivity index (χ3n) is 5.15. The molecular formula is C26H31N3O3. The fourth-order valence-electron chi connectivity index (χ4n) is 3.26. The SMILES string of the molecule is CCCCC/C(NC(=O)C(C)C)=C(\Cc1ccc(-c2ccccc2C#N)nc1)C(=O)OC. The number of amides is 1. The highest BCUT2D eigenvalue weighted by atomic mass is 16.5. The largest absolute Gasteiger partial charge is 0.466 e. The van der Waals surface area contributed by atoms with E-state index in [1.807, 2.05) is 44.2 Å². The van der Waals surface area contributed by atoms with Gasteiger partial charge in [0.05, 0.1) is 30.0 Å². The molecule has 0 radical (unpaired) electrons. The standard InChI is InChI=1S/C26H31N3O3/c1-5-6-7-12-24(29-25(30)18(2)3)22(26(31)32-4)15-19-13-14-23(28-17-19)21-11-9-8-10-20(21)16-27/h8-11,13-14,17-18H,5-7,12,15H2,1-4H3,(H,29,30)/b24-22-. The minimum absolute atomic E-state index is 0.125. The number of allylic oxidation sites excluding steroid dienone is 1. The first-order chi connectivity index (χ1) is 15.4. The summed E-state index contributed by atoms with van der Waals surface area (Å²) < 4.78 is 5.03. The molecule has 0 fully saturated rings. The molecule has 1 amide bonds. The number of hydrogen-bond donors (Lipinski definition) is 1. The van der Waals surface area contributed by atoms with Gasteiger partial charge in [0.25, 0.3) is 0 Å². The van der Waals surface area contributed by atoms with Crippen LogP contribution >= 0.6 is 0 Å². The minimum atomic E-state index is -0.459. The van der Waals surface area contributed by atoms with Gasteiger partial charge in [-0.15, -0.1) is 0 Å². The van der Waals surface area contributed by atoms with Crippen molar-refractivity contribution in [2.75, 3.05) is 7.11 Å². The third kappa shape index (κ3) is 6.78. The van der Waals surface area contributed by atoms with Crippen molar-refractivity contribution in [3.63, 3.8) is 0 Å². The normalized spacial score (nSPS) is 11.5. The van der Waals surface area contributed by atoms with Crippen molar-refractivity contribution in [1.29, 1.82) is 5.26 Å². The fraction of sp³-hybridized carbons (Fsp3) is 0.385. The van der Waals surface area contributed by atoms with Gasteiger partial charge in [0, 0.05) is 29.8 Å². The van der Waals surface area contributed by atoms with E-state index < -0.39 is 5.97 Å². The number of benzene rings is 1. The molecule has 0 spiro atoms. The molecule has 1 heterocycles. The predicted octanol–water partition coefficient (Wildman–Crippen LogP) is 4.94. The Balaban J connectivity index is 2.37. The Hall–Kier alpha value is -3.46. The van der Waals surface area contributed by atoms with E-state index in [2.05, 4.69) is 23.3 Å². The van der Waals surface area contributed by atoms with Crippen LogP contribution in [-0.4, -0.2) is 24.0 Å². The molecule has 1 aromatic heterocycles. The van der Waals surface area contributed by atoms with Crippen molar-refractivity contribution in [1.82, 2.24) is 10.3 Å². The fourth-order valence-corrected chi connectivity index (χ4v) is 3.26. The molecular weight excluding hydrogens is 402 g/mol. The molecule has 0 aliphatic heterocycles. The lowest BCUT2D eigenvalue weighted by Crippen LogP contribution is -2.30. The maximum atomic E-state index is 12.6. The van der Waals surface area contributed by atoms with E-state index in [9.17, 15) is 14.9 Å². The summed E-state index contributed by atoms with van der Waals surface area (Å²) in [6.45, 7) is 5.74. The molecule has 6 nitrogen and oxygen atoms in total. The molecule has 2 rings (SSSR count). The zero-order valence-corrected chi connectivity index (χ0v) is 19.3. The van der Waals surface area contributed by atoms with E-state index in [-0.39, 0.29) is 11.8 Å². The van der Waals surface area contributed by atoms with Crippen LogP contribution in [0.3, 0.4) is 0 Å². The van der Waals surface area contributed by atoms with Gasteiger partial charge in [0.1, 0.15) is 0 Å². The number of methoxy groups -OCH3 is 1. The second-order valence-corrected chi connectivity index (χ2v) is 7.94. The zero-order valence-electron chi connectivity index (χ0n) is 19.3. The van der Waals surface area contributed by atoms with Gasteiger partial charge >= 0.3 is 5.97 Å². The average Bonchev–Trinajstić information content (AvgIpc) is 2.81. The van der Waals surface area contributed by atoms with Crippen LogP contribution in [-0.2, 0) is 20.7 Å². The first-order valence-corrected chi connectivity index (χ1v) is 11.0. The molecule has 0 atom stereocenters. The number of rotatable bonds is 10. The van der Waals surface area contributed by atoms with Crippen molar-refractivity contribution in [2.45, 2.75) is 52.9 Å². The second-order valence-electron chi connectivity index (χ2n) is 7.94. The number of unbranched alkanes of at least 4 members (excludes halogenated alkanes) is 2. The number of nitrogens with one attached hydrogen (secondary N) is 1. The highest BCUT2D eigenvalue weighted by Crippen LogP contribution is 2.23. The minimum Gasteiger partial charge on any atom is -0.466 e. The first kappa shape index (κ1) is 24.8. The van der Waals surface area contributed by atoms with Crippen molar-refractivity contribution >= 4 is 11.9 Å². The molecule has 0 aliphatic rings. The summed E-state index contributed by atoms with van der Waals surface area (Å²) in [5.74, 6) is -0.782. The average molecular weight is 434 g/mol. The molecule has 0 saturated carbocycles. The van der Waals surface area contributed by atoms with Crippen molar-refractivity contribution in [2.24, 2.45) is 5.92 Å². The van der Waals surface area contributed by atoms with Gasteiger partial charge in [-0.25, -0.2) is 4.79 Å². The lowest BCUT2D eigenvalue weighted by molar-refractivity contribution is -0.136. The van der Waals surface area contributed by atoms with E-state index in [1.54, 1.807) is 12.3 Å². The summed E-state index contributed by atoms with van der Waals surface area (Å²) in [5, 5.41) is 12.3. The number of aromatic nitrogens is 1.